The number of halogens is 1. The number of aromatic hydroxyl groups is 2. The van der Waals surface area contributed by atoms with E-state index in [0.717, 1.165) is 11.1 Å². The van der Waals surface area contributed by atoms with Crippen molar-refractivity contribution in [2.75, 3.05) is 0 Å². The zero-order valence-electron chi connectivity index (χ0n) is 6.13. The van der Waals surface area contributed by atoms with Gasteiger partial charge in [0.1, 0.15) is 0 Å². The molecule has 0 bridgehead atoms. The first-order valence-electron chi connectivity index (χ1n) is 3.22. The van der Waals surface area contributed by atoms with E-state index in [1.54, 1.807) is 12.1 Å². The van der Waals surface area contributed by atoms with Crippen molar-refractivity contribution >= 4 is 15.9 Å². The van der Waals surface area contributed by atoms with Gasteiger partial charge in [0.15, 0.2) is 11.5 Å². The summed E-state index contributed by atoms with van der Waals surface area (Å²) in [4.78, 5) is 0. The van der Waals surface area contributed by atoms with E-state index in [4.69, 9.17) is 10.2 Å². The van der Waals surface area contributed by atoms with Gasteiger partial charge in [-0.2, -0.15) is 0 Å². The van der Waals surface area contributed by atoms with Crippen LogP contribution in [-0.4, -0.2) is 10.2 Å². The van der Waals surface area contributed by atoms with Gasteiger partial charge in [-0.15, -0.1) is 0 Å². The van der Waals surface area contributed by atoms with Crippen LogP contribution < -0.4 is 0 Å². The number of phenolic OH excluding ortho intramolecular Hbond substituents is 2. The lowest BCUT2D eigenvalue weighted by atomic mass is 10.1. The van der Waals surface area contributed by atoms with Crippen molar-refractivity contribution in [1.82, 2.24) is 0 Å². The molecule has 0 aliphatic rings. The van der Waals surface area contributed by atoms with E-state index in [1.807, 2.05) is 6.92 Å². The molecule has 0 aliphatic carbocycles. The summed E-state index contributed by atoms with van der Waals surface area (Å²) in [5, 5.41) is 18.8. The first kappa shape index (κ1) is 8.40. The van der Waals surface area contributed by atoms with Crippen molar-refractivity contribution in [3.8, 4) is 11.5 Å². The Hall–Kier alpha value is -0.700. The molecular formula is C8H9BrO2. The topological polar surface area (TPSA) is 40.5 Å². The summed E-state index contributed by atoms with van der Waals surface area (Å²) in [6.45, 7) is 1.88. The lowest BCUT2D eigenvalue weighted by molar-refractivity contribution is 0.403. The van der Waals surface area contributed by atoms with E-state index >= 15 is 0 Å². The number of aryl methyl sites for hydroxylation is 1. The van der Waals surface area contributed by atoms with Crippen LogP contribution in [0.5, 0.6) is 11.5 Å². The fraction of sp³-hybridized carbons (Fsp3) is 0.250. The minimum atomic E-state index is -0.0648. The molecule has 0 heterocycles. The summed E-state index contributed by atoms with van der Waals surface area (Å²) in [5.74, 6) is -0.128. The molecule has 2 N–H and O–H groups in total. The van der Waals surface area contributed by atoms with Crippen molar-refractivity contribution in [3.63, 3.8) is 0 Å². The molecule has 60 valence electrons. The van der Waals surface area contributed by atoms with Gasteiger partial charge in [-0.1, -0.05) is 15.9 Å². The van der Waals surface area contributed by atoms with Crippen LogP contribution in [0.1, 0.15) is 11.1 Å². The van der Waals surface area contributed by atoms with Crippen molar-refractivity contribution in [2.45, 2.75) is 12.3 Å². The molecular weight excluding hydrogens is 208 g/mol. The van der Waals surface area contributed by atoms with Gasteiger partial charge >= 0.3 is 0 Å². The largest absolute Gasteiger partial charge is 0.504 e. The Kier molecular flexibility index (Phi) is 2.39. The highest BCUT2D eigenvalue weighted by Crippen LogP contribution is 2.28. The zero-order valence-corrected chi connectivity index (χ0v) is 7.72. The van der Waals surface area contributed by atoms with Gasteiger partial charge in [0.05, 0.1) is 0 Å². The molecule has 11 heavy (non-hydrogen) atoms. The summed E-state index contributed by atoms with van der Waals surface area (Å²) in [5.41, 5.74) is 1.96. The van der Waals surface area contributed by atoms with Crippen LogP contribution in [0.3, 0.4) is 0 Å². The van der Waals surface area contributed by atoms with Crippen LogP contribution >= 0.6 is 15.9 Å². The van der Waals surface area contributed by atoms with Crippen molar-refractivity contribution in [1.29, 1.82) is 0 Å². The van der Waals surface area contributed by atoms with Crippen LogP contribution in [0.15, 0.2) is 12.1 Å². The number of hydrogen-bond donors (Lipinski definition) is 2. The lowest BCUT2D eigenvalue weighted by Gasteiger charge is -2.03. The number of alkyl halides is 1. The Balaban J connectivity index is 3.21. The van der Waals surface area contributed by atoms with Crippen molar-refractivity contribution in [2.24, 2.45) is 0 Å². The van der Waals surface area contributed by atoms with Gasteiger partial charge in [0.2, 0.25) is 0 Å². The van der Waals surface area contributed by atoms with E-state index in [-0.39, 0.29) is 11.5 Å². The normalized spacial score (nSPS) is 10.0. The highest BCUT2D eigenvalue weighted by molar-refractivity contribution is 9.08. The molecule has 2 nitrogen and oxygen atoms in total. The van der Waals surface area contributed by atoms with Crippen molar-refractivity contribution in [3.05, 3.63) is 23.3 Å². The first-order valence-corrected chi connectivity index (χ1v) is 4.34. The van der Waals surface area contributed by atoms with E-state index in [2.05, 4.69) is 15.9 Å². The second kappa shape index (κ2) is 3.13. The molecule has 0 aliphatic heterocycles. The fourth-order valence-electron chi connectivity index (χ4n) is 0.868. The van der Waals surface area contributed by atoms with Crippen LogP contribution in [0.4, 0.5) is 0 Å². The molecule has 0 amide bonds. The smallest absolute Gasteiger partial charge is 0.157 e. The monoisotopic (exact) mass is 216 g/mol. The van der Waals surface area contributed by atoms with E-state index < -0.39 is 0 Å². The predicted octanol–water partition coefficient (Wildman–Crippen LogP) is 2.30. The Morgan fingerprint density at radius 3 is 2.36 bits per heavy atom. The average Bonchev–Trinajstić information content (AvgIpc) is 1.97. The fourth-order valence-corrected chi connectivity index (χ4v) is 1.47. The van der Waals surface area contributed by atoms with Gasteiger partial charge in [-0.25, -0.2) is 0 Å². The quantitative estimate of drug-likeness (QED) is 0.559. The molecule has 1 rings (SSSR count). The Labute approximate surface area is 73.6 Å². The number of benzene rings is 1. The minimum absolute atomic E-state index is 0.0628. The number of hydrogen-bond acceptors (Lipinski definition) is 2. The molecule has 0 unspecified atom stereocenters. The first-order chi connectivity index (χ1) is 5.15. The van der Waals surface area contributed by atoms with Gasteiger partial charge < -0.3 is 10.2 Å². The number of rotatable bonds is 1. The Morgan fingerprint density at radius 2 is 1.82 bits per heavy atom. The Bertz CT molecular complexity index is 271. The van der Waals surface area contributed by atoms with Crippen LogP contribution in [0.25, 0.3) is 0 Å². The second-order valence-corrected chi connectivity index (χ2v) is 2.96. The molecule has 0 spiro atoms. The van der Waals surface area contributed by atoms with E-state index in [0.29, 0.717) is 5.33 Å². The third-order valence-electron chi connectivity index (χ3n) is 1.58. The zero-order chi connectivity index (χ0) is 8.43. The molecule has 0 saturated heterocycles. The standard InChI is InChI=1S/C8H9BrO2/c1-5-2-7(10)8(11)3-6(5)4-9/h2-3,10-11H,4H2,1H3. The van der Waals surface area contributed by atoms with Gasteiger partial charge in [-0.3, -0.25) is 0 Å². The third kappa shape index (κ3) is 1.66. The second-order valence-electron chi connectivity index (χ2n) is 2.40. The third-order valence-corrected chi connectivity index (χ3v) is 2.18. The van der Waals surface area contributed by atoms with Crippen LogP contribution in [0, 0.1) is 6.92 Å². The lowest BCUT2D eigenvalue weighted by Crippen LogP contribution is -1.83. The molecule has 0 atom stereocenters. The van der Waals surface area contributed by atoms with Crippen LogP contribution in [-0.2, 0) is 5.33 Å². The van der Waals surface area contributed by atoms with Crippen LogP contribution in [0.2, 0.25) is 0 Å². The van der Waals surface area contributed by atoms with Gasteiger partial charge in [0.25, 0.3) is 0 Å². The summed E-state index contributed by atoms with van der Waals surface area (Å²) < 4.78 is 0. The highest BCUT2D eigenvalue weighted by Gasteiger charge is 2.03. The molecule has 3 heteroatoms. The molecule has 0 radical (unpaired) electrons. The molecule has 0 fully saturated rings. The van der Waals surface area contributed by atoms with Crippen molar-refractivity contribution < 1.29 is 10.2 Å². The van der Waals surface area contributed by atoms with Gasteiger partial charge in [0, 0.05) is 5.33 Å². The summed E-state index contributed by atoms with van der Waals surface area (Å²) in [6.07, 6.45) is 0. The maximum absolute atomic E-state index is 9.08. The molecule has 1 aromatic rings. The SMILES string of the molecule is Cc1cc(O)c(O)cc1CBr. The van der Waals surface area contributed by atoms with Gasteiger partial charge in [-0.05, 0) is 30.2 Å². The molecule has 0 aromatic heterocycles. The molecule has 1 aromatic carbocycles. The maximum Gasteiger partial charge on any atom is 0.157 e. The number of phenols is 2. The predicted molar refractivity (Wildman–Crippen MR) is 47.1 cm³/mol. The summed E-state index contributed by atoms with van der Waals surface area (Å²) >= 11 is 3.27. The maximum atomic E-state index is 9.08. The summed E-state index contributed by atoms with van der Waals surface area (Å²) in [6, 6.07) is 3.10. The Morgan fingerprint density at radius 1 is 1.27 bits per heavy atom. The minimum Gasteiger partial charge on any atom is -0.504 e. The highest BCUT2D eigenvalue weighted by atomic mass is 79.9. The van der Waals surface area contributed by atoms with E-state index in [9.17, 15) is 0 Å². The van der Waals surface area contributed by atoms with E-state index in [1.165, 1.54) is 0 Å². The average molecular weight is 217 g/mol. The summed E-state index contributed by atoms with van der Waals surface area (Å²) in [7, 11) is 0. The molecule has 0 saturated carbocycles.